The number of carbonyl (C=O) groups excluding carboxylic acids is 2. The Balaban J connectivity index is 1.38. The van der Waals surface area contributed by atoms with Gasteiger partial charge in [-0.2, -0.15) is 13.9 Å². The predicted octanol–water partition coefficient (Wildman–Crippen LogP) is 5.04. The lowest BCUT2D eigenvalue weighted by Gasteiger charge is -2.34. The number of alkyl halides is 2. The fourth-order valence-electron chi connectivity index (χ4n) is 4.90. The predicted molar refractivity (Wildman–Crippen MR) is 136 cm³/mol. The van der Waals surface area contributed by atoms with Gasteiger partial charge < -0.3 is 19.3 Å². The van der Waals surface area contributed by atoms with Crippen molar-refractivity contribution in [2.24, 2.45) is 0 Å². The van der Waals surface area contributed by atoms with Crippen LogP contribution in [0.5, 0.6) is 11.5 Å². The Morgan fingerprint density at radius 1 is 1.13 bits per heavy atom. The van der Waals surface area contributed by atoms with Crippen LogP contribution in [0.3, 0.4) is 0 Å². The van der Waals surface area contributed by atoms with Gasteiger partial charge in [-0.25, -0.2) is 0 Å². The van der Waals surface area contributed by atoms with Crippen molar-refractivity contribution >= 4 is 35.0 Å². The average Bonchev–Trinajstić information content (AvgIpc) is 3.24. The fourth-order valence-corrected chi connectivity index (χ4v) is 5.20. The van der Waals surface area contributed by atoms with Gasteiger partial charge in [-0.3, -0.25) is 14.3 Å². The monoisotopic (exact) mass is 564 g/mol. The molecule has 2 aromatic carbocycles. The number of hydrogen-bond acceptors (Lipinski definition) is 5. The van der Waals surface area contributed by atoms with Gasteiger partial charge in [-0.05, 0) is 42.8 Å². The Morgan fingerprint density at radius 3 is 2.63 bits per heavy atom. The van der Waals surface area contributed by atoms with E-state index in [4.69, 9.17) is 27.9 Å². The number of carbonyl (C=O) groups is 2. The smallest absolute Gasteiger partial charge is 0.387 e. The number of halogens is 4. The number of methoxy groups -OCH3 is 1. The van der Waals surface area contributed by atoms with E-state index in [9.17, 15) is 18.4 Å². The maximum Gasteiger partial charge on any atom is 0.387 e. The van der Waals surface area contributed by atoms with E-state index in [1.54, 1.807) is 44.8 Å². The van der Waals surface area contributed by atoms with Crippen molar-refractivity contribution in [3.05, 3.63) is 74.5 Å². The zero-order valence-electron chi connectivity index (χ0n) is 20.6. The van der Waals surface area contributed by atoms with E-state index >= 15 is 0 Å². The molecule has 0 N–H and O–H groups in total. The second-order valence-corrected chi connectivity index (χ2v) is 10.0. The van der Waals surface area contributed by atoms with Gasteiger partial charge in [-0.15, -0.1) is 0 Å². The summed E-state index contributed by atoms with van der Waals surface area (Å²) in [5, 5.41) is 5.33. The number of ether oxygens (including phenoxy) is 2. The van der Waals surface area contributed by atoms with E-state index < -0.39 is 6.61 Å². The molecule has 0 unspecified atom stereocenters. The third kappa shape index (κ3) is 4.90. The van der Waals surface area contributed by atoms with Crippen LogP contribution in [0.15, 0.2) is 36.4 Å². The lowest BCUT2D eigenvalue weighted by Crippen LogP contribution is -2.44. The first-order valence-corrected chi connectivity index (χ1v) is 12.7. The summed E-state index contributed by atoms with van der Waals surface area (Å²) in [4.78, 5) is 30.3. The van der Waals surface area contributed by atoms with Crippen LogP contribution in [-0.2, 0) is 26.1 Å². The van der Waals surface area contributed by atoms with Crippen LogP contribution < -0.4 is 9.47 Å². The molecular formula is C26H24Cl2F2N4O4. The number of hydrogen-bond donors (Lipinski definition) is 0. The highest BCUT2D eigenvalue weighted by Crippen LogP contribution is 2.33. The minimum atomic E-state index is -2.98. The number of fused-ring (bicyclic) bond motifs is 3. The molecule has 0 bridgehead atoms. The van der Waals surface area contributed by atoms with E-state index in [0.29, 0.717) is 46.4 Å². The quantitative estimate of drug-likeness (QED) is 0.419. The maximum absolute atomic E-state index is 13.6. The largest absolute Gasteiger partial charge is 0.493 e. The van der Waals surface area contributed by atoms with E-state index in [0.717, 1.165) is 11.3 Å². The number of benzene rings is 2. The van der Waals surface area contributed by atoms with Crippen LogP contribution in [0.1, 0.15) is 44.6 Å². The first-order chi connectivity index (χ1) is 18.2. The molecule has 0 aliphatic carbocycles. The molecule has 5 rings (SSSR count). The Bertz CT molecular complexity index is 1410. The number of nitrogens with zero attached hydrogens (tertiary/aromatic N) is 4. The van der Waals surface area contributed by atoms with Gasteiger partial charge in [-0.1, -0.05) is 29.3 Å². The zero-order chi connectivity index (χ0) is 27.1. The lowest BCUT2D eigenvalue weighted by molar-refractivity contribution is -0.0512. The topological polar surface area (TPSA) is 76.9 Å². The van der Waals surface area contributed by atoms with E-state index in [1.807, 2.05) is 6.92 Å². The van der Waals surface area contributed by atoms with Crippen LogP contribution in [0.25, 0.3) is 0 Å². The van der Waals surface area contributed by atoms with Crippen molar-refractivity contribution in [1.29, 1.82) is 0 Å². The fraction of sp³-hybridized carbons (Fsp3) is 0.346. The second-order valence-electron chi connectivity index (χ2n) is 9.20. The van der Waals surface area contributed by atoms with Crippen molar-refractivity contribution in [2.45, 2.75) is 45.6 Å². The van der Waals surface area contributed by atoms with Crippen LogP contribution in [0.4, 0.5) is 8.78 Å². The van der Waals surface area contributed by atoms with Gasteiger partial charge in [0.15, 0.2) is 11.5 Å². The van der Waals surface area contributed by atoms with E-state index in [-0.39, 0.29) is 42.4 Å². The normalized spacial score (nSPS) is 16.9. The van der Waals surface area contributed by atoms with Crippen molar-refractivity contribution in [3.63, 3.8) is 0 Å². The molecule has 0 radical (unpaired) electrons. The van der Waals surface area contributed by atoms with Gasteiger partial charge >= 0.3 is 6.61 Å². The first-order valence-electron chi connectivity index (χ1n) is 11.9. The number of rotatable bonds is 6. The van der Waals surface area contributed by atoms with Gasteiger partial charge in [0.25, 0.3) is 11.8 Å². The minimum absolute atomic E-state index is 0.0794. The van der Waals surface area contributed by atoms with Crippen molar-refractivity contribution in [3.8, 4) is 11.5 Å². The molecule has 3 aromatic rings. The molecule has 2 amide bonds. The Morgan fingerprint density at radius 2 is 1.92 bits per heavy atom. The Hall–Kier alpha value is -3.37. The van der Waals surface area contributed by atoms with Crippen LogP contribution in [-0.4, -0.2) is 57.7 Å². The molecule has 0 saturated heterocycles. The molecule has 0 saturated carbocycles. The molecule has 2 aliphatic rings. The van der Waals surface area contributed by atoms with Crippen molar-refractivity contribution < 1.29 is 27.8 Å². The highest BCUT2D eigenvalue weighted by Gasteiger charge is 2.37. The Kier molecular flexibility index (Phi) is 7.19. The second kappa shape index (κ2) is 10.4. The third-order valence-electron chi connectivity index (χ3n) is 6.80. The molecule has 12 heteroatoms. The third-order valence-corrected chi connectivity index (χ3v) is 7.54. The van der Waals surface area contributed by atoms with Gasteiger partial charge in [0, 0.05) is 36.7 Å². The first kappa shape index (κ1) is 26.2. The van der Waals surface area contributed by atoms with E-state index in [1.165, 1.54) is 13.2 Å². The lowest BCUT2D eigenvalue weighted by atomic mass is 9.97. The summed E-state index contributed by atoms with van der Waals surface area (Å²) in [5.41, 5.74) is 3.09. The summed E-state index contributed by atoms with van der Waals surface area (Å²) < 4.78 is 36.7. The SMILES string of the molecule is COc1cc(CN2CCn3nc4c(c3C2=O)CN(C(=O)c2ccc(Cl)c(Cl)c2)[C@H](C)C4)ccc1OC(F)F. The highest BCUT2D eigenvalue weighted by atomic mass is 35.5. The molecule has 1 atom stereocenters. The van der Waals surface area contributed by atoms with Crippen LogP contribution >= 0.6 is 23.2 Å². The molecule has 1 aromatic heterocycles. The minimum Gasteiger partial charge on any atom is -0.493 e. The maximum atomic E-state index is 13.6. The molecule has 3 heterocycles. The standard InChI is InChI=1S/C26H24Cl2F2N4O4/c1-14-9-20-17(13-33(14)24(35)16-4-5-18(27)19(28)11-16)23-25(36)32(7-8-34(23)31-20)12-15-3-6-21(38-26(29)30)22(10-15)37-2/h3-6,10-11,14,26H,7-9,12-13H2,1-2H3/t14-/m1/s1. The zero-order valence-corrected chi connectivity index (χ0v) is 22.1. The molecule has 200 valence electrons. The number of aromatic nitrogens is 2. The number of amides is 2. The molecule has 0 spiro atoms. The summed E-state index contributed by atoms with van der Waals surface area (Å²) in [6.45, 7) is 0.360. The summed E-state index contributed by atoms with van der Waals surface area (Å²) in [7, 11) is 1.36. The summed E-state index contributed by atoms with van der Waals surface area (Å²) in [6, 6.07) is 9.22. The Labute approximate surface area is 227 Å². The van der Waals surface area contributed by atoms with E-state index in [2.05, 4.69) is 9.84 Å². The van der Waals surface area contributed by atoms with Crippen molar-refractivity contribution in [1.82, 2.24) is 19.6 Å². The van der Waals surface area contributed by atoms with Crippen molar-refractivity contribution in [2.75, 3.05) is 13.7 Å². The molecule has 0 fully saturated rings. The van der Waals surface area contributed by atoms with Crippen LogP contribution in [0.2, 0.25) is 10.0 Å². The van der Waals surface area contributed by atoms with Gasteiger partial charge in [0.1, 0.15) is 5.69 Å². The summed E-state index contributed by atoms with van der Waals surface area (Å²) >= 11 is 12.1. The molecule has 2 aliphatic heterocycles. The van der Waals surface area contributed by atoms with Gasteiger partial charge in [0.05, 0.1) is 35.9 Å². The summed E-state index contributed by atoms with van der Waals surface area (Å²) in [5.74, 6) is -0.349. The molecule has 8 nitrogen and oxygen atoms in total. The van der Waals surface area contributed by atoms with Gasteiger partial charge in [0.2, 0.25) is 0 Å². The summed E-state index contributed by atoms with van der Waals surface area (Å²) in [6.07, 6.45) is 0.512. The van der Waals surface area contributed by atoms with Crippen LogP contribution in [0, 0.1) is 0 Å². The highest BCUT2D eigenvalue weighted by molar-refractivity contribution is 6.42. The molecule has 38 heavy (non-hydrogen) atoms. The average molecular weight is 565 g/mol. The molecular weight excluding hydrogens is 541 g/mol.